The minimum absolute atomic E-state index is 0.208. The summed E-state index contributed by atoms with van der Waals surface area (Å²) in [5.74, 6) is -0.208. The highest BCUT2D eigenvalue weighted by molar-refractivity contribution is 5.45. The van der Waals surface area contributed by atoms with Crippen LogP contribution >= 0.6 is 0 Å². The fraction of sp³-hybridized carbons (Fsp3) is 0.222. The van der Waals surface area contributed by atoms with Crippen molar-refractivity contribution in [2.75, 3.05) is 6.61 Å². The van der Waals surface area contributed by atoms with Crippen molar-refractivity contribution in [2.45, 2.75) is 19.3 Å². The third-order valence-electron chi connectivity index (χ3n) is 2.82. The van der Waals surface area contributed by atoms with E-state index >= 15 is 0 Å². The van der Waals surface area contributed by atoms with Crippen molar-refractivity contribution in [1.29, 1.82) is 0 Å². The molecule has 0 amide bonds. The molecule has 0 unspecified atom stereocenters. The smallest absolute Gasteiger partial charge is 0.123 e. The lowest BCUT2D eigenvalue weighted by atomic mass is 10.1. The molecule has 0 spiro atoms. The molecule has 0 aliphatic carbocycles. The summed E-state index contributed by atoms with van der Waals surface area (Å²) in [7, 11) is 0. The third kappa shape index (κ3) is 6.86. The van der Waals surface area contributed by atoms with Gasteiger partial charge in [0, 0.05) is 6.61 Å². The Morgan fingerprint density at radius 3 is 2.15 bits per heavy atom. The van der Waals surface area contributed by atoms with Crippen LogP contribution in [0.4, 0.5) is 4.39 Å². The van der Waals surface area contributed by atoms with Crippen LogP contribution in [0.3, 0.4) is 0 Å². The second kappa shape index (κ2) is 9.93. The Morgan fingerprint density at radius 1 is 0.950 bits per heavy atom. The molecule has 0 bridgehead atoms. The van der Waals surface area contributed by atoms with Gasteiger partial charge in [-0.2, -0.15) is 0 Å². The quantitative estimate of drug-likeness (QED) is 0.796. The van der Waals surface area contributed by atoms with Gasteiger partial charge >= 0.3 is 0 Å². The maximum atomic E-state index is 12.2. The fourth-order valence-corrected chi connectivity index (χ4v) is 1.68. The zero-order valence-electron chi connectivity index (χ0n) is 11.6. The van der Waals surface area contributed by atoms with E-state index in [9.17, 15) is 4.39 Å². The van der Waals surface area contributed by atoms with Crippen LogP contribution in [0.25, 0.3) is 6.08 Å². The molecule has 0 aliphatic rings. The zero-order valence-corrected chi connectivity index (χ0v) is 11.6. The Morgan fingerprint density at radius 2 is 1.60 bits per heavy atom. The summed E-state index contributed by atoms with van der Waals surface area (Å²) in [5.41, 5.74) is 2.30. The number of unbranched alkanes of at least 4 members (excludes halogenated alkanes) is 1. The lowest BCUT2D eigenvalue weighted by Crippen LogP contribution is -1.87. The van der Waals surface area contributed by atoms with Crippen molar-refractivity contribution in [1.82, 2.24) is 0 Å². The Labute approximate surface area is 120 Å². The summed E-state index contributed by atoms with van der Waals surface area (Å²) < 4.78 is 12.2. The van der Waals surface area contributed by atoms with E-state index in [-0.39, 0.29) is 5.82 Å². The van der Waals surface area contributed by atoms with Gasteiger partial charge in [0.1, 0.15) is 5.82 Å². The van der Waals surface area contributed by atoms with E-state index in [1.165, 1.54) is 17.7 Å². The number of hydrogen-bond acceptors (Lipinski definition) is 1. The van der Waals surface area contributed by atoms with Crippen LogP contribution in [0.15, 0.2) is 61.2 Å². The molecule has 0 aromatic heterocycles. The Hall–Kier alpha value is -1.93. The van der Waals surface area contributed by atoms with Crippen LogP contribution in [0, 0.1) is 5.82 Å². The maximum absolute atomic E-state index is 12.2. The van der Waals surface area contributed by atoms with Crippen molar-refractivity contribution in [3.05, 3.63) is 78.1 Å². The molecule has 0 aliphatic heterocycles. The average Bonchev–Trinajstić information content (AvgIpc) is 2.50. The number of halogens is 1. The molecule has 2 rings (SSSR count). The van der Waals surface area contributed by atoms with Gasteiger partial charge in [-0.05, 0) is 42.5 Å². The van der Waals surface area contributed by atoms with E-state index in [4.69, 9.17) is 5.11 Å². The summed E-state index contributed by atoms with van der Waals surface area (Å²) >= 11 is 0. The van der Waals surface area contributed by atoms with E-state index in [0.29, 0.717) is 6.61 Å². The number of aliphatic hydroxyl groups excluding tert-OH is 1. The predicted molar refractivity (Wildman–Crippen MR) is 83.0 cm³/mol. The van der Waals surface area contributed by atoms with Gasteiger partial charge < -0.3 is 5.11 Å². The van der Waals surface area contributed by atoms with Crippen LogP contribution in [0.2, 0.25) is 0 Å². The molecular formula is C18H21FO. The first-order valence-corrected chi connectivity index (χ1v) is 6.79. The second-order valence-electron chi connectivity index (χ2n) is 4.42. The molecule has 0 fully saturated rings. The van der Waals surface area contributed by atoms with Crippen LogP contribution in [0.1, 0.15) is 24.0 Å². The standard InChI is InChI=1S/C10H14O.C8H7F/c11-9-5-4-8-10-6-2-1-3-7-10;1-2-7-3-5-8(9)6-4-7/h1-3,6-7,11H,4-5,8-9H2;2-6H,1H2. The molecule has 0 saturated heterocycles. The van der Waals surface area contributed by atoms with Gasteiger partial charge in [-0.15, -0.1) is 0 Å². The summed E-state index contributed by atoms with van der Waals surface area (Å²) in [6.45, 7) is 3.85. The molecule has 0 radical (unpaired) electrons. The SMILES string of the molecule is C=Cc1ccc(F)cc1.OCCCCc1ccccc1. The number of aryl methyl sites for hydroxylation is 1. The second-order valence-corrected chi connectivity index (χ2v) is 4.42. The van der Waals surface area contributed by atoms with E-state index < -0.39 is 0 Å². The van der Waals surface area contributed by atoms with Gasteiger partial charge in [-0.25, -0.2) is 4.39 Å². The maximum Gasteiger partial charge on any atom is 0.123 e. The molecule has 2 heteroatoms. The summed E-state index contributed by atoms with van der Waals surface area (Å²) in [6.07, 6.45) is 4.76. The van der Waals surface area contributed by atoms with Crippen molar-refractivity contribution in [3.8, 4) is 0 Å². The molecule has 2 aromatic carbocycles. The first-order chi connectivity index (χ1) is 9.76. The largest absolute Gasteiger partial charge is 0.396 e. The third-order valence-corrected chi connectivity index (χ3v) is 2.82. The summed E-state index contributed by atoms with van der Waals surface area (Å²) in [4.78, 5) is 0. The van der Waals surface area contributed by atoms with Crippen LogP contribution in [0.5, 0.6) is 0 Å². The van der Waals surface area contributed by atoms with Gasteiger partial charge in [-0.3, -0.25) is 0 Å². The number of rotatable bonds is 5. The molecular weight excluding hydrogens is 251 g/mol. The minimum Gasteiger partial charge on any atom is -0.396 e. The summed E-state index contributed by atoms with van der Waals surface area (Å²) in [6, 6.07) is 16.6. The Bertz CT molecular complexity index is 477. The predicted octanol–water partition coefficient (Wildman–Crippen LogP) is 4.47. The normalized spacial score (nSPS) is 9.50. The van der Waals surface area contributed by atoms with Crippen LogP contribution in [-0.4, -0.2) is 11.7 Å². The fourth-order valence-electron chi connectivity index (χ4n) is 1.68. The van der Waals surface area contributed by atoms with Gasteiger partial charge in [0.15, 0.2) is 0 Å². The first-order valence-electron chi connectivity index (χ1n) is 6.79. The molecule has 2 aromatic rings. The molecule has 0 saturated carbocycles. The number of hydrogen-bond donors (Lipinski definition) is 1. The molecule has 0 atom stereocenters. The van der Waals surface area contributed by atoms with E-state index in [2.05, 4.69) is 18.7 Å². The van der Waals surface area contributed by atoms with Crippen molar-refractivity contribution in [3.63, 3.8) is 0 Å². The molecule has 106 valence electrons. The highest BCUT2D eigenvalue weighted by atomic mass is 19.1. The van der Waals surface area contributed by atoms with E-state index in [0.717, 1.165) is 24.8 Å². The van der Waals surface area contributed by atoms with Gasteiger partial charge in [0.05, 0.1) is 0 Å². The van der Waals surface area contributed by atoms with Crippen LogP contribution in [-0.2, 0) is 6.42 Å². The Kier molecular flexibility index (Phi) is 8.01. The molecule has 1 nitrogen and oxygen atoms in total. The van der Waals surface area contributed by atoms with Crippen molar-refractivity contribution < 1.29 is 9.50 Å². The minimum atomic E-state index is -0.208. The highest BCUT2D eigenvalue weighted by Crippen LogP contribution is 2.03. The van der Waals surface area contributed by atoms with Crippen LogP contribution < -0.4 is 0 Å². The average molecular weight is 272 g/mol. The highest BCUT2D eigenvalue weighted by Gasteiger charge is 1.89. The number of aliphatic hydroxyl groups is 1. The zero-order chi connectivity index (χ0) is 14.6. The molecule has 0 heterocycles. The van der Waals surface area contributed by atoms with E-state index in [1.807, 2.05) is 18.2 Å². The van der Waals surface area contributed by atoms with Crippen molar-refractivity contribution >= 4 is 6.08 Å². The first kappa shape index (κ1) is 16.1. The van der Waals surface area contributed by atoms with Gasteiger partial charge in [0.2, 0.25) is 0 Å². The lowest BCUT2D eigenvalue weighted by Gasteiger charge is -1.97. The topological polar surface area (TPSA) is 20.2 Å². The monoisotopic (exact) mass is 272 g/mol. The molecule has 1 N–H and O–H groups in total. The van der Waals surface area contributed by atoms with E-state index in [1.54, 1.807) is 18.2 Å². The van der Waals surface area contributed by atoms with Gasteiger partial charge in [0.25, 0.3) is 0 Å². The Balaban J connectivity index is 0.000000204. The van der Waals surface area contributed by atoms with Gasteiger partial charge in [-0.1, -0.05) is 55.1 Å². The van der Waals surface area contributed by atoms with Crippen molar-refractivity contribution in [2.24, 2.45) is 0 Å². The summed E-state index contributed by atoms with van der Waals surface area (Å²) in [5, 5.41) is 8.54. The number of benzene rings is 2. The molecule has 20 heavy (non-hydrogen) atoms. The lowest BCUT2D eigenvalue weighted by molar-refractivity contribution is 0.284.